The number of ether oxygens (including phenoxy) is 1. The van der Waals surface area contributed by atoms with Gasteiger partial charge in [0.25, 0.3) is 5.91 Å². The summed E-state index contributed by atoms with van der Waals surface area (Å²) >= 11 is 0. The van der Waals surface area contributed by atoms with Crippen LogP contribution in [0.1, 0.15) is 36.7 Å². The molecule has 10 heteroatoms. The number of alkyl halides is 3. The van der Waals surface area contributed by atoms with Gasteiger partial charge in [-0.1, -0.05) is 18.2 Å². The average Bonchev–Trinajstić information content (AvgIpc) is 2.57. The SMILES string of the molecule is CC(C)(C)NS(=O)(=O)c1ccc(C(=O)NCc2ccccc2OC(F)(F)F)cc1. The quantitative estimate of drug-likeness (QED) is 0.734. The van der Waals surface area contributed by atoms with Gasteiger partial charge in [0, 0.05) is 23.2 Å². The standard InChI is InChI=1S/C19H21F3N2O4S/c1-18(2,3)24-29(26,27)15-10-8-13(9-11-15)17(25)23-12-14-6-4-5-7-16(14)28-19(20,21)22/h4-11,24H,12H2,1-3H3,(H,23,25). The molecule has 0 aliphatic rings. The van der Waals surface area contributed by atoms with E-state index in [1.807, 2.05) is 0 Å². The van der Waals surface area contributed by atoms with Gasteiger partial charge in [-0.05, 0) is 51.1 Å². The lowest BCUT2D eigenvalue weighted by molar-refractivity contribution is -0.274. The molecule has 0 radical (unpaired) electrons. The predicted octanol–water partition coefficient (Wildman–Crippen LogP) is 3.59. The number of sulfonamides is 1. The number of amides is 1. The molecule has 2 aromatic rings. The predicted molar refractivity (Wildman–Crippen MR) is 101 cm³/mol. The fourth-order valence-corrected chi connectivity index (χ4v) is 3.82. The molecule has 2 N–H and O–H groups in total. The minimum Gasteiger partial charge on any atom is -0.405 e. The number of nitrogens with one attached hydrogen (secondary N) is 2. The summed E-state index contributed by atoms with van der Waals surface area (Å²) in [7, 11) is -3.74. The lowest BCUT2D eigenvalue weighted by Crippen LogP contribution is -2.40. The Morgan fingerprint density at radius 3 is 2.14 bits per heavy atom. The Kier molecular flexibility index (Phi) is 6.59. The van der Waals surface area contributed by atoms with Crippen molar-refractivity contribution < 1.29 is 31.1 Å². The molecule has 0 atom stereocenters. The minimum atomic E-state index is -4.84. The molecule has 0 saturated heterocycles. The maximum atomic E-state index is 12.5. The van der Waals surface area contributed by atoms with Gasteiger partial charge < -0.3 is 10.1 Å². The molecule has 0 spiro atoms. The summed E-state index contributed by atoms with van der Waals surface area (Å²) in [6.45, 7) is 4.91. The highest BCUT2D eigenvalue weighted by Crippen LogP contribution is 2.26. The summed E-state index contributed by atoms with van der Waals surface area (Å²) in [6, 6.07) is 10.7. The molecule has 1 amide bonds. The van der Waals surface area contributed by atoms with Crippen molar-refractivity contribution >= 4 is 15.9 Å². The van der Waals surface area contributed by atoms with Gasteiger partial charge in [-0.25, -0.2) is 13.1 Å². The van der Waals surface area contributed by atoms with Gasteiger partial charge in [0.05, 0.1) is 4.90 Å². The van der Waals surface area contributed by atoms with E-state index in [4.69, 9.17) is 0 Å². The molecule has 0 bridgehead atoms. The number of benzene rings is 2. The van der Waals surface area contributed by atoms with Crippen LogP contribution in [-0.2, 0) is 16.6 Å². The van der Waals surface area contributed by atoms with Crippen LogP contribution >= 0.6 is 0 Å². The average molecular weight is 430 g/mol. The van der Waals surface area contributed by atoms with E-state index < -0.39 is 33.6 Å². The van der Waals surface area contributed by atoms with Crippen molar-refractivity contribution in [1.29, 1.82) is 0 Å². The Balaban J connectivity index is 2.08. The number of para-hydroxylation sites is 1. The summed E-state index contributed by atoms with van der Waals surface area (Å²) in [4.78, 5) is 12.3. The van der Waals surface area contributed by atoms with Crippen molar-refractivity contribution in [2.45, 2.75) is 44.1 Å². The summed E-state index contributed by atoms with van der Waals surface area (Å²) in [6.07, 6.45) is -4.84. The summed E-state index contributed by atoms with van der Waals surface area (Å²) in [5.41, 5.74) is -0.360. The van der Waals surface area contributed by atoms with Crippen LogP contribution < -0.4 is 14.8 Å². The third kappa shape index (κ3) is 7.06. The first-order valence-electron chi connectivity index (χ1n) is 8.53. The van der Waals surface area contributed by atoms with Crippen LogP contribution in [-0.4, -0.2) is 26.2 Å². The van der Waals surface area contributed by atoms with Gasteiger partial charge in [-0.15, -0.1) is 13.2 Å². The highest BCUT2D eigenvalue weighted by molar-refractivity contribution is 7.89. The molecule has 0 aliphatic carbocycles. The Morgan fingerprint density at radius 1 is 1.00 bits per heavy atom. The van der Waals surface area contributed by atoms with E-state index in [9.17, 15) is 26.4 Å². The molecular weight excluding hydrogens is 409 g/mol. The topological polar surface area (TPSA) is 84.5 Å². The summed E-state index contributed by atoms with van der Waals surface area (Å²) in [5.74, 6) is -0.977. The van der Waals surface area contributed by atoms with Crippen LogP contribution in [0.5, 0.6) is 5.75 Å². The zero-order valence-electron chi connectivity index (χ0n) is 16.0. The number of carbonyl (C=O) groups is 1. The lowest BCUT2D eigenvalue weighted by Gasteiger charge is -2.20. The van der Waals surface area contributed by atoms with Crippen LogP contribution in [0.4, 0.5) is 13.2 Å². The van der Waals surface area contributed by atoms with E-state index in [0.29, 0.717) is 0 Å². The molecule has 0 aliphatic heterocycles. The molecule has 0 aromatic heterocycles. The van der Waals surface area contributed by atoms with E-state index >= 15 is 0 Å². The van der Waals surface area contributed by atoms with Crippen LogP contribution in [0.15, 0.2) is 53.4 Å². The first kappa shape index (κ1) is 22.7. The van der Waals surface area contributed by atoms with Crippen LogP contribution in [0.2, 0.25) is 0 Å². The van der Waals surface area contributed by atoms with Crippen LogP contribution in [0.3, 0.4) is 0 Å². The van der Waals surface area contributed by atoms with Crippen molar-refractivity contribution in [3.8, 4) is 5.75 Å². The van der Waals surface area contributed by atoms with Gasteiger partial charge in [-0.3, -0.25) is 4.79 Å². The Labute approximate surface area is 167 Å². The minimum absolute atomic E-state index is 0.00658. The highest BCUT2D eigenvalue weighted by Gasteiger charge is 2.32. The second-order valence-electron chi connectivity index (χ2n) is 7.22. The van der Waals surface area contributed by atoms with Gasteiger partial charge in [-0.2, -0.15) is 0 Å². The van der Waals surface area contributed by atoms with Crippen molar-refractivity contribution in [2.75, 3.05) is 0 Å². The second-order valence-corrected chi connectivity index (χ2v) is 8.90. The molecular formula is C19H21F3N2O4S. The number of hydrogen-bond acceptors (Lipinski definition) is 4. The number of hydrogen-bond donors (Lipinski definition) is 2. The summed E-state index contributed by atoms with van der Waals surface area (Å²) in [5, 5.41) is 2.49. The van der Waals surface area contributed by atoms with Crippen molar-refractivity contribution in [2.24, 2.45) is 0 Å². The molecule has 2 rings (SSSR count). The van der Waals surface area contributed by atoms with E-state index in [2.05, 4.69) is 14.8 Å². The zero-order chi connectivity index (χ0) is 21.9. The Hall–Kier alpha value is -2.59. The van der Waals surface area contributed by atoms with E-state index in [-0.39, 0.29) is 22.6 Å². The molecule has 0 fully saturated rings. The monoisotopic (exact) mass is 430 g/mol. The van der Waals surface area contributed by atoms with E-state index in [0.717, 1.165) is 6.07 Å². The van der Waals surface area contributed by atoms with Gasteiger partial charge >= 0.3 is 6.36 Å². The smallest absolute Gasteiger partial charge is 0.405 e. The zero-order valence-corrected chi connectivity index (χ0v) is 16.8. The second kappa shape index (κ2) is 8.42. The van der Waals surface area contributed by atoms with Crippen molar-refractivity contribution in [1.82, 2.24) is 10.0 Å². The first-order valence-corrected chi connectivity index (χ1v) is 10.0. The third-order valence-corrected chi connectivity index (χ3v) is 5.28. The molecule has 0 heterocycles. The van der Waals surface area contributed by atoms with E-state index in [1.165, 1.54) is 42.5 Å². The molecule has 6 nitrogen and oxygen atoms in total. The number of carbonyl (C=O) groups excluding carboxylic acids is 1. The highest BCUT2D eigenvalue weighted by atomic mass is 32.2. The van der Waals surface area contributed by atoms with Gasteiger partial charge in [0.15, 0.2) is 0 Å². The molecule has 29 heavy (non-hydrogen) atoms. The molecule has 2 aromatic carbocycles. The van der Waals surface area contributed by atoms with Crippen LogP contribution in [0, 0.1) is 0 Å². The number of rotatable bonds is 6. The largest absolute Gasteiger partial charge is 0.573 e. The molecule has 0 unspecified atom stereocenters. The maximum absolute atomic E-state index is 12.5. The van der Waals surface area contributed by atoms with Gasteiger partial charge in [0.1, 0.15) is 5.75 Å². The van der Waals surface area contributed by atoms with Crippen molar-refractivity contribution in [3.05, 3.63) is 59.7 Å². The molecule has 0 saturated carbocycles. The fourth-order valence-electron chi connectivity index (χ4n) is 2.40. The fraction of sp³-hybridized carbons (Fsp3) is 0.316. The Morgan fingerprint density at radius 2 is 1.59 bits per heavy atom. The maximum Gasteiger partial charge on any atom is 0.573 e. The number of halogens is 3. The first-order chi connectivity index (χ1) is 13.3. The third-order valence-electron chi connectivity index (χ3n) is 3.51. The normalized spacial score (nSPS) is 12.5. The van der Waals surface area contributed by atoms with Gasteiger partial charge in [0.2, 0.25) is 10.0 Å². The van der Waals surface area contributed by atoms with Crippen LogP contribution in [0.25, 0.3) is 0 Å². The van der Waals surface area contributed by atoms with E-state index in [1.54, 1.807) is 20.8 Å². The lowest BCUT2D eigenvalue weighted by atomic mass is 10.1. The van der Waals surface area contributed by atoms with Crippen molar-refractivity contribution in [3.63, 3.8) is 0 Å². The Bertz CT molecular complexity index is 966. The molecule has 158 valence electrons. The summed E-state index contributed by atoms with van der Waals surface area (Å²) < 4.78 is 68.4.